The second-order valence-electron chi connectivity index (χ2n) is 3.03. The normalized spacial score (nSPS) is 10.0. The van der Waals surface area contributed by atoms with Gasteiger partial charge < -0.3 is 5.32 Å². The Morgan fingerprint density at radius 2 is 2.31 bits per heavy atom. The molecule has 3 nitrogen and oxygen atoms in total. The van der Waals surface area contributed by atoms with Crippen LogP contribution in [0.3, 0.4) is 0 Å². The summed E-state index contributed by atoms with van der Waals surface area (Å²) in [6, 6.07) is 1.87. The van der Waals surface area contributed by atoms with Crippen molar-refractivity contribution in [3.63, 3.8) is 0 Å². The standard InChI is InChI=1S/C10H14N2O/c1-8-5-9(7-12-6-8)10(13)3-4-11-2/h5-7,11H,3-4H2,1-2H3. The Morgan fingerprint density at radius 1 is 1.54 bits per heavy atom. The molecule has 0 aliphatic carbocycles. The highest BCUT2D eigenvalue weighted by Gasteiger charge is 2.04. The molecule has 0 saturated carbocycles. The van der Waals surface area contributed by atoms with E-state index in [0.717, 1.165) is 5.56 Å². The van der Waals surface area contributed by atoms with Crippen molar-refractivity contribution in [2.75, 3.05) is 13.6 Å². The summed E-state index contributed by atoms with van der Waals surface area (Å²) in [6.45, 7) is 2.65. The maximum Gasteiger partial charge on any atom is 0.165 e. The van der Waals surface area contributed by atoms with Gasteiger partial charge >= 0.3 is 0 Å². The number of hydrogen-bond donors (Lipinski definition) is 1. The summed E-state index contributed by atoms with van der Waals surface area (Å²) in [6.07, 6.45) is 3.89. The van der Waals surface area contributed by atoms with E-state index in [1.165, 1.54) is 0 Å². The van der Waals surface area contributed by atoms with E-state index < -0.39 is 0 Å². The van der Waals surface area contributed by atoms with Gasteiger partial charge in [0.1, 0.15) is 0 Å². The van der Waals surface area contributed by atoms with Gasteiger partial charge in [0, 0.05) is 30.9 Å². The fraction of sp³-hybridized carbons (Fsp3) is 0.400. The van der Waals surface area contributed by atoms with Gasteiger partial charge in [-0.2, -0.15) is 0 Å². The van der Waals surface area contributed by atoms with Crippen LogP contribution in [0.4, 0.5) is 0 Å². The number of aryl methyl sites for hydroxylation is 1. The van der Waals surface area contributed by atoms with Crippen LogP contribution in [0.1, 0.15) is 22.3 Å². The summed E-state index contributed by atoms with van der Waals surface area (Å²) < 4.78 is 0. The van der Waals surface area contributed by atoms with Crippen LogP contribution in [-0.2, 0) is 0 Å². The zero-order valence-electron chi connectivity index (χ0n) is 8.00. The molecule has 1 N–H and O–H groups in total. The second kappa shape index (κ2) is 4.72. The fourth-order valence-electron chi connectivity index (χ4n) is 1.09. The Hall–Kier alpha value is -1.22. The summed E-state index contributed by atoms with van der Waals surface area (Å²) in [7, 11) is 1.84. The van der Waals surface area contributed by atoms with E-state index in [1.807, 2.05) is 20.0 Å². The lowest BCUT2D eigenvalue weighted by Gasteiger charge is -2.00. The number of carbonyl (C=O) groups is 1. The monoisotopic (exact) mass is 178 g/mol. The van der Waals surface area contributed by atoms with Crippen LogP contribution in [0.5, 0.6) is 0 Å². The molecule has 1 heterocycles. The maximum atomic E-state index is 11.5. The van der Waals surface area contributed by atoms with Crippen LogP contribution in [0.25, 0.3) is 0 Å². The van der Waals surface area contributed by atoms with Crippen molar-refractivity contribution in [2.45, 2.75) is 13.3 Å². The van der Waals surface area contributed by atoms with Gasteiger partial charge in [-0.15, -0.1) is 0 Å². The van der Waals surface area contributed by atoms with Crippen molar-refractivity contribution >= 4 is 5.78 Å². The Balaban J connectivity index is 2.66. The molecule has 0 saturated heterocycles. The number of aromatic nitrogens is 1. The van der Waals surface area contributed by atoms with Crippen molar-refractivity contribution in [1.29, 1.82) is 0 Å². The number of nitrogens with zero attached hydrogens (tertiary/aromatic N) is 1. The zero-order chi connectivity index (χ0) is 9.68. The largest absolute Gasteiger partial charge is 0.319 e. The van der Waals surface area contributed by atoms with Crippen LogP contribution >= 0.6 is 0 Å². The van der Waals surface area contributed by atoms with Gasteiger partial charge in [-0.25, -0.2) is 0 Å². The summed E-state index contributed by atoms with van der Waals surface area (Å²) in [5.41, 5.74) is 1.73. The molecule has 1 rings (SSSR count). The first kappa shape index (κ1) is 9.86. The Kier molecular flexibility index (Phi) is 3.58. The second-order valence-corrected chi connectivity index (χ2v) is 3.03. The van der Waals surface area contributed by atoms with Gasteiger partial charge in [-0.3, -0.25) is 9.78 Å². The quantitative estimate of drug-likeness (QED) is 0.704. The molecule has 0 aliphatic heterocycles. The number of nitrogens with one attached hydrogen (secondary N) is 1. The van der Waals surface area contributed by atoms with E-state index in [0.29, 0.717) is 18.5 Å². The van der Waals surface area contributed by atoms with Gasteiger partial charge in [0.25, 0.3) is 0 Å². The molecule has 0 fully saturated rings. The van der Waals surface area contributed by atoms with E-state index >= 15 is 0 Å². The van der Waals surface area contributed by atoms with E-state index in [1.54, 1.807) is 12.4 Å². The number of hydrogen-bond acceptors (Lipinski definition) is 3. The summed E-state index contributed by atoms with van der Waals surface area (Å²) in [5, 5.41) is 2.94. The number of Topliss-reactive ketones (excluding diaryl/α,β-unsaturated/α-hetero) is 1. The molecule has 3 heteroatoms. The smallest absolute Gasteiger partial charge is 0.165 e. The molecule has 13 heavy (non-hydrogen) atoms. The Labute approximate surface area is 78.2 Å². The number of pyridine rings is 1. The minimum absolute atomic E-state index is 0.144. The van der Waals surface area contributed by atoms with Crippen LogP contribution in [-0.4, -0.2) is 24.4 Å². The fourth-order valence-corrected chi connectivity index (χ4v) is 1.09. The molecule has 70 valence electrons. The molecule has 0 bridgehead atoms. The summed E-state index contributed by atoms with van der Waals surface area (Å²) in [4.78, 5) is 15.4. The molecule has 0 unspecified atom stereocenters. The third-order valence-corrected chi connectivity index (χ3v) is 1.80. The molecular formula is C10H14N2O. The van der Waals surface area contributed by atoms with Gasteiger partial charge in [0.2, 0.25) is 0 Å². The Bertz CT molecular complexity index is 297. The number of ketones is 1. The molecule has 1 aromatic heterocycles. The van der Waals surface area contributed by atoms with Gasteiger partial charge in [0.15, 0.2) is 5.78 Å². The third-order valence-electron chi connectivity index (χ3n) is 1.80. The highest BCUT2D eigenvalue weighted by atomic mass is 16.1. The topological polar surface area (TPSA) is 42.0 Å². The van der Waals surface area contributed by atoms with Crippen molar-refractivity contribution in [3.05, 3.63) is 29.6 Å². The third kappa shape index (κ3) is 2.95. The lowest BCUT2D eigenvalue weighted by atomic mass is 10.1. The van der Waals surface area contributed by atoms with Gasteiger partial charge in [-0.1, -0.05) is 0 Å². The average molecular weight is 178 g/mol. The molecule has 0 atom stereocenters. The molecule has 0 amide bonds. The SMILES string of the molecule is CNCCC(=O)c1cncc(C)c1. The first-order valence-corrected chi connectivity index (χ1v) is 4.33. The molecule has 1 aromatic rings. The van der Waals surface area contributed by atoms with E-state index in [2.05, 4.69) is 10.3 Å². The van der Waals surface area contributed by atoms with Crippen molar-refractivity contribution in [1.82, 2.24) is 10.3 Å². The molecule has 0 aromatic carbocycles. The van der Waals surface area contributed by atoms with Crippen LogP contribution in [0.2, 0.25) is 0 Å². The maximum absolute atomic E-state index is 11.5. The first-order valence-electron chi connectivity index (χ1n) is 4.33. The minimum Gasteiger partial charge on any atom is -0.319 e. The van der Waals surface area contributed by atoms with Crippen LogP contribution in [0, 0.1) is 6.92 Å². The van der Waals surface area contributed by atoms with E-state index in [-0.39, 0.29) is 5.78 Å². The molecular weight excluding hydrogens is 164 g/mol. The first-order chi connectivity index (χ1) is 6.24. The van der Waals surface area contributed by atoms with Crippen molar-refractivity contribution in [2.24, 2.45) is 0 Å². The van der Waals surface area contributed by atoms with Crippen LogP contribution < -0.4 is 5.32 Å². The number of rotatable bonds is 4. The van der Waals surface area contributed by atoms with Crippen molar-refractivity contribution < 1.29 is 4.79 Å². The predicted octanol–water partition coefficient (Wildman–Crippen LogP) is 1.18. The van der Waals surface area contributed by atoms with Gasteiger partial charge in [-0.05, 0) is 25.6 Å². The minimum atomic E-state index is 0.144. The number of carbonyl (C=O) groups excluding carboxylic acids is 1. The highest BCUT2D eigenvalue weighted by Crippen LogP contribution is 2.03. The summed E-state index contributed by atoms with van der Waals surface area (Å²) in [5.74, 6) is 0.144. The molecule has 0 aliphatic rings. The lowest BCUT2D eigenvalue weighted by molar-refractivity contribution is 0.0983. The van der Waals surface area contributed by atoms with E-state index in [4.69, 9.17) is 0 Å². The Morgan fingerprint density at radius 3 is 2.92 bits per heavy atom. The zero-order valence-corrected chi connectivity index (χ0v) is 8.00. The predicted molar refractivity (Wildman–Crippen MR) is 51.8 cm³/mol. The summed E-state index contributed by atoms with van der Waals surface area (Å²) >= 11 is 0. The molecule has 0 spiro atoms. The van der Waals surface area contributed by atoms with Gasteiger partial charge in [0.05, 0.1) is 0 Å². The van der Waals surface area contributed by atoms with Crippen molar-refractivity contribution in [3.8, 4) is 0 Å². The highest BCUT2D eigenvalue weighted by molar-refractivity contribution is 5.95. The van der Waals surface area contributed by atoms with Crippen LogP contribution in [0.15, 0.2) is 18.5 Å². The van der Waals surface area contributed by atoms with E-state index in [9.17, 15) is 4.79 Å². The molecule has 0 radical (unpaired) electrons. The lowest BCUT2D eigenvalue weighted by Crippen LogP contribution is -2.13. The average Bonchev–Trinajstić information content (AvgIpc) is 2.14.